The van der Waals surface area contributed by atoms with Crippen LogP contribution >= 0.6 is 11.6 Å². The predicted molar refractivity (Wildman–Crippen MR) is 125 cm³/mol. The first-order chi connectivity index (χ1) is 16.0. The van der Waals surface area contributed by atoms with E-state index < -0.39 is 22.8 Å². The van der Waals surface area contributed by atoms with Gasteiger partial charge in [0.15, 0.2) is 0 Å². The van der Waals surface area contributed by atoms with E-state index in [0.717, 1.165) is 33.9 Å². The van der Waals surface area contributed by atoms with E-state index in [1.165, 1.54) is 13.1 Å². The minimum absolute atomic E-state index is 0.0525. The molecular weight excluding hydrogens is 471 g/mol. The molecule has 0 spiro atoms. The Labute approximate surface area is 196 Å². The van der Waals surface area contributed by atoms with Crippen LogP contribution in [0.4, 0.5) is 29.3 Å². The van der Waals surface area contributed by atoms with E-state index in [-0.39, 0.29) is 11.6 Å². The number of aryl methyl sites for hydroxylation is 2. The molecule has 0 bridgehead atoms. The molecule has 34 heavy (non-hydrogen) atoms. The highest BCUT2D eigenvalue weighted by molar-refractivity contribution is 6.31. The summed E-state index contributed by atoms with van der Waals surface area (Å²) in [4.78, 5) is 28.9. The fourth-order valence-electron chi connectivity index (χ4n) is 3.89. The van der Waals surface area contributed by atoms with Gasteiger partial charge in [-0.05, 0) is 43.3 Å². The molecule has 2 aromatic carbocycles. The highest BCUT2D eigenvalue weighted by atomic mass is 35.5. The number of carbonyl (C=O) groups is 2. The smallest absolute Gasteiger partial charge is 0.354 e. The van der Waals surface area contributed by atoms with Crippen LogP contribution in [0.25, 0.3) is 21.8 Å². The zero-order valence-corrected chi connectivity index (χ0v) is 19.0. The number of rotatable bonds is 3. The van der Waals surface area contributed by atoms with Gasteiger partial charge in [0.2, 0.25) is 0 Å². The normalized spacial score (nSPS) is 11.6. The fourth-order valence-corrected chi connectivity index (χ4v) is 4.11. The van der Waals surface area contributed by atoms with Crippen molar-refractivity contribution in [2.45, 2.75) is 13.1 Å². The average molecular weight is 490 g/mol. The number of aromatic nitrogens is 2. The van der Waals surface area contributed by atoms with Gasteiger partial charge in [0, 0.05) is 36.2 Å². The summed E-state index contributed by atoms with van der Waals surface area (Å²) in [5.74, 6) is -0.298. The quantitative estimate of drug-likeness (QED) is 0.344. The number of pyridine rings is 1. The lowest BCUT2D eigenvalue weighted by Gasteiger charge is -2.12. The van der Waals surface area contributed by atoms with E-state index in [9.17, 15) is 22.8 Å². The lowest BCUT2D eigenvalue weighted by atomic mass is 10.1. The van der Waals surface area contributed by atoms with Gasteiger partial charge >= 0.3 is 12.2 Å². The average Bonchev–Trinajstić information content (AvgIpc) is 3.05. The van der Waals surface area contributed by atoms with Crippen LogP contribution in [0.15, 0.2) is 42.5 Å². The van der Waals surface area contributed by atoms with Gasteiger partial charge in [-0.2, -0.15) is 13.2 Å². The first-order valence-corrected chi connectivity index (χ1v) is 10.4. The van der Waals surface area contributed by atoms with E-state index in [4.69, 9.17) is 11.6 Å². The number of urea groups is 1. The van der Waals surface area contributed by atoms with Crippen molar-refractivity contribution in [1.29, 1.82) is 0 Å². The third-order valence-corrected chi connectivity index (χ3v) is 5.73. The Morgan fingerprint density at radius 3 is 2.29 bits per heavy atom. The minimum Gasteiger partial charge on any atom is -0.354 e. The van der Waals surface area contributed by atoms with E-state index in [2.05, 4.69) is 20.9 Å². The van der Waals surface area contributed by atoms with Gasteiger partial charge in [-0.3, -0.25) is 4.79 Å². The third-order valence-electron chi connectivity index (χ3n) is 5.40. The van der Waals surface area contributed by atoms with Gasteiger partial charge in [-0.1, -0.05) is 17.7 Å². The summed E-state index contributed by atoms with van der Waals surface area (Å²) in [6.45, 7) is 1.81. The van der Waals surface area contributed by atoms with Crippen molar-refractivity contribution < 1.29 is 22.8 Å². The van der Waals surface area contributed by atoms with Gasteiger partial charge in [0.25, 0.3) is 5.91 Å². The molecule has 2 aromatic heterocycles. The molecule has 176 valence electrons. The number of carbonyl (C=O) groups excluding carboxylic acids is 2. The molecule has 3 amide bonds. The van der Waals surface area contributed by atoms with Crippen molar-refractivity contribution in [2.75, 3.05) is 17.7 Å². The van der Waals surface area contributed by atoms with Gasteiger partial charge in [-0.15, -0.1) is 0 Å². The van der Waals surface area contributed by atoms with Crippen LogP contribution in [-0.2, 0) is 13.2 Å². The SMILES string of the molecule is CNC(=O)c1cc2c3ccc(NC(=O)Nc4ccc(Cl)c(C(F)(F)F)c4)cc3n(C)c2c(C)n1. The van der Waals surface area contributed by atoms with Crippen LogP contribution in [0.5, 0.6) is 0 Å². The molecule has 3 N–H and O–H groups in total. The maximum absolute atomic E-state index is 13.1. The second-order valence-electron chi connectivity index (χ2n) is 7.63. The van der Waals surface area contributed by atoms with Crippen molar-refractivity contribution >= 4 is 56.7 Å². The zero-order chi connectivity index (χ0) is 24.8. The maximum Gasteiger partial charge on any atom is 0.417 e. The molecule has 2 heterocycles. The Bertz CT molecular complexity index is 1460. The summed E-state index contributed by atoms with van der Waals surface area (Å²) in [6, 6.07) is 9.32. The molecule has 0 unspecified atom stereocenters. The lowest BCUT2D eigenvalue weighted by Crippen LogP contribution is -2.20. The van der Waals surface area contributed by atoms with Gasteiger partial charge in [0.1, 0.15) is 5.69 Å². The summed E-state index contributed by atoms with van der Waals surface area (Å²) < 4.78 is 41.1. The molecule has 0 aliphatic carbocycles. The van der Waals surface area contributed by atoms with E-state index >= 15 is 0 Å². The highest BCUT2D eigenvalue weighted by Gasteiger charge is 2.33. The van der Waals surface area contributed by atoms with Crippen LogP contribution < -0.4 is 16.0 Å². The number of nitrogens with zero attached hydrogens (tertiary/aromatic N) is 2. The van der Waals surface area contributed by atoms with Crippen LogP contribution in [0.2, 0.25) is 5.02 Å². The third kappa shape index (κ3) is 4.24. The summed E-state index contributed by atoms with van der Waals surface area (Å²) in [6.07, 6.45) is -4.64. The number of nitrogens with one attached hydrogen (secondary N) is 3. The van der Waals surface area contributed by atoms with Crippen molar-refractivity contribution in [3.8, 4) is 0 Å². The number of hydrogen-bond acceptors (Lipinski definition) is 3. The number of fused-ring (bicyclic) bond motifs is 3. The maximum atomic E-state index is 13.1. The van der Waals surface area contributed by atoms with Crippen LogP contribution in [0, 0.1) is 6.92 Å². The molecular formula is C23H19ClF3N5O2. The Morgan fingerprint density at radius 2 is 1.65 bits per heavy atom. The Kier molecular flexibility index (Phi) is 5.86. The molecule has 0 radical (unpaired) electrons. The molecule has 0 aliphatic heterocycles. The second-order valence-corrected chi connectivity index (χ2v) is 8.04. The summed E-state index contributed by atoms with van der Waals surface area (Å²) in [5, 5.41) is 8.80. The van der Waals surface area contributed by atoms with E-state index in [1.54, 1.807) is 24.3 Å². The standard InChI is InChI=1S/C23H19ClF3N5O2/c1-11-20-15(10-18(29-11)21(33)28-2)14-6-4-13(9-19(14)32(20)3)31-22(34)30-12-5-7-17(24)16(8-12)23(25,26)27/h4-10H,1-3H3,(H,28,33)(H2,30,31,34). The minimum atomic E-state index is -4.64. The number of halogens is 4. The number of amides is 3. The second kappa shape index (κ2) is 8.53. The lowest BCUT2D eigenvalue weighted by molar-refractivity contribution is -0.137. The van der Waals surface area contributed by atoms with Crippen molar-refractivity contribution in [1.82, 2.24) is 14.9 Å². The number of alkyl halides is 3. The first-order valence-electron chi connectivity index (χ1n) is 10.1. The Morgan fingerprint density at radius 1 is 1.00 bits per heavy atom. The van der Waals surface area contributed by atoms with Crippen molar-refractivity contribution in [2.24, 2.45) is 7.05 Å². The number of anilines is 2. The van der Waals surface area contributed by atoms with Crippen LogP contribution in [0.1, 0.15) is 21.7 Å². The van der Waals surface area contributed by atoms with Gasteiger partial charge < -0.3 is 20.5 Å². The molecule has 4 rings (SSSR count). The Balaban J connectivity index is 1.64. The molecule has 11 heteroatoms. The van der Waals surface area contributed by atoms with Crippen LogP contribution in [-0.4, -0.2) is 28.5 Å². The molecule has 0 atom stereocenters. The zero-order valence-electron chi connectivity index (χ0n) is 18.3. The predicted octanol–water partition coefficient (Wildman–Crippen LogP) is 5.71. The van der Waals surface area contributed by atoms with Crippen molar-refractivity contribution in [3.05, 3.63) is 64.4 Å². The fraction of sp³-hybridized carbons (Fsp3) is 0.174. The molecule has 0 saturated heterocycles. The summed E-state index contributed by atoms with van der Waals surface area (Å²) in [5.41, 5.74) is 1.92. The number of benzene rings is 2. The largest absolute Gasteiger partial charge is 0.417 e. The molecule has 0 fully saturated rings. The van der Waals surface area contributed by atoms with E-state index in [0.29, 0.717) is 17.1 Å². The molecule has 0 saturated carbocycles. The monoisotopic (exact) mass is 489 g/mol. The van der Waals surface area contributed by atoms with Gasteiger partial charge in [0.05, 0.1) is 27.3 Å². The summed E-state index contributed by atoms with van der Waals surface area (Å²) >= 11 is 5.62. The first kappa shape index (κ1) is 23.4. The Hall–Kier alpha value is -3.79. The number of hydrogen-bond donors (Lipinski definition) is 3. The van der Waals surface area contributed by atoms with Gasteiger partial charge in [-0.25, -0.2) is 9.78 Å². The molecule has 0 aliphatic rings. The highest BCUT2D eigenvalue weighted by Crippen LogP contribution is 2.36. The topological polar surface area (TPSA) is 88.0 Å². The molecule has 7 nitrogen and oxygen atoms in total. The van der Waals surface area contributed by atoms with Crippen LogP contribution in [0.3, 0.4) is 0 Å². The van der Waals surface area contributed by atoms with Crippen molar-refractivity contribution in [3.63, 3.8) is 0 Å². The van der Waals surface area contributed by atoms with E-state index in [1.807, 2.05) is 18.5 Å². The summed E-state index contributed by atoms with van der Waals surface area (Å²) in [7, 11) is 3.37. The molecule has 4 aromatic rings.